The molecule has 2 heterocycles. The number of carbonyl (C=O) groups excluding carboxylic acids is 2. The molecule has 2 aromatic heterocycles. The predicted molar refractivity (Wildman–Crippen MR) is 222 cm³/mol. The summed E-state index contributed by atoms with van der Waals surface area (Å²) in [4.78, 5) is 35.1. The summed E-state index contributed by atoms with van der Waals surface area (Å²) in [7, 11) is -4.40. The number of nitrogens with two attached hydrogens (primary N) is 1. The minimum atomic E-state index is -4.40. The van der Waals surface area contributed by atoms with E-state index in [0.717, 1.165) is 119 Å². The van der Waals surface area contributed by atoms with Gasteiger partial charge in [-0.2, -0.15) is 0 Å². The zero-order valence-electron chi connectivity index (χ0n) is 35.6. The predicted octanol–water partition coefficient (Wildman–Crippen LogP) is 11.1. The van der Waals surface area contributed by atoms with E-state index in [-0.39, 0.29) is 32.6 Å². The van der Waals surface area contributed by atoms with Crippen LogP contribution in [0, 0.1) is 20.8 Å². The van der Waals surface area contributed by atoms with Crippen molar-refractivity contribution < 1.29 is 46.4 Å². The van der Waals surface area contributed by atoms with E-state index in [4.69, 9.17) is 33.1 Å². The van der Waals surface area contributed by atoms with Gasteiger partial charge in [0, 0.05) is 45.1 Å². The standard InChI is InChI=1S/C44H76NO10P/c1-6-8-19-26-41-36(4)37(5)42(55-41)27-21-16-13-14-17-22-28-43(46)50-33-39(34-52-56(48,49)51-31-30-45)54-44(47)29-23-18-12-10-9-11-15-20-25-40-35(3)32-38(53-40)24-7-2/h32,39H,6-31,33-34,45H2,1-5H3,(H,48,49)/t39-/m1/s1. The second-order valence-electron chi connectivity index (χ2n) is 15.4. The zero-order valence-corrected chi connectivity index (χ0v) is 36.5. The summed E-state index contributed by atoms with van der Waals surface area (Å²) in [5.74, 6) is 3.62. The van der Waals surface area contributed by atoms with Crippen LogP contribution in [0.5, 0.6) is 0 Å². The number of esters is 2. The summed E-state index contributed by atoms with van der Waals surface area (Å²) >= 11 is 0. The number of furan rings is 2. The second kappa shape index (κ2) is 29.7. The van der Waals surface area contributed by atoms with Crippen molar-refractivity contribution in [1.29, 1.82) is 0 Å². The normalized spacial score (nSPS) is 13.2. The molecule has 56 heavy (non-hydrogen) atoms. The van der Waals surface area contributed by atoms with Gasteiger partial charge in [-0.15, -0.1) is 0 Å². The van der Waals surface area contributed by atoms with E-state index < -0.39 is 32.5 Å². The average Bonchev–Trinajstić information content (AvgIpc) is 3.66. The third-order valence-corrected chi connectivity index (χ3v) is 11.3. The molecule has 2 aromatic rings. The summed E-state index contributed by atoms with van der Waals surface area (Å²) in [5.41, 5.74) is 9.22. The fourth-order valence-electron chi connectivity index (χ4n) is 6.82. The van der Waals surface area contributed by atoms with Crippen molar-refractivity contribution in [3.8, 4) is 0 Å². The van der Waals surface area contributed by atoms with Crippen LogP contribution in [-0.4, -0.2) is 49.3 Å². The van der Waals surface area contributed by atoms with E-state index in [9.17, 15) is 19.0 Å². The monoisotopic (exact) mass is 810 g/mol. The summed E-state index contributed by atoms with van der Waals surface area (Å²) in [5, 5.41) is 0. The van der Waals surface area contributed by atoms with Crippen molar-refractivity contribution in [1.82, 2.24) is 0 Å². The van der Waals surface area contributed by atoms with Gasteiger partial charge in [-0.25, -0.2) is 4.57 Å². The Labute approximate surface area is 338 Å². The van der Waals surface area contributed by atoms with E-state index in [2.05, 4.69) is 40.7 Å². The van der Waals surface area contributed by atoms with E-state index in [1.54, 1.807) is 0 Å². The van der Waals surface area contributed by atoms with Crippen LogP contribution in [0.4, 0.5) is 0 Å². The fraction of sp³-hybridized carbons (Fsp3) is 0.773. The molecule has 0 saturated heterocycles. The Bertz CT molecular complexity index is 1400. The average molecular weight is 810 g/mol. The van der Waals surface area contributed by atoms with Crippen molar-refractivity contribution in [2.45, 2.75) is 195 Å². The summed E-state index contributed by atoms with van der Waals surface area (Å²) in [6, 6.07) is 2.17. The molecule has 0 aliphatic rings. The number of hydrogen-bond acceptors (Lipinski definition) is 10. The first kappa shape index (κ1) is 49.7. The van der Waals surface area contributed by atoms with Gasteiger partial charge in [0.2, 0.25) is 0 Å². The van der Waals surface area contributed by atoms with Crippen molar-refractivity contribution in [3.05, 3.63) is 45.8 Å². The Morgan fingerprint density at radius 3 is 1.73 bits per heavy atom. The fourth-order valence-corrected chi connectivity index (χ4v) is 7.59. The number of carbonyl (C=O) groups is 2. The highest BCUT2D eigenvalue weighted by atomic mass is 31.2. The Morgan fingerprint density at radius 1 is 0.661 bits per heavy atom. The number of phosphoric acid groups is 1. The molecular formula is C44H76NO10P. The van der Waals surface area contributed by atoms with E-state index in [1.165, 1.54) is 48.8 Å². The summed E-state index contributed by atoms with van der Waals surface area (Å²) in [6.45, 7) is 10.00. The van der Waals surface area contributed by atoms with Crippen molar-refractivity contribution >= 4 is 19.8 Å². The highest BCUT2D eigenvalue weighted by Gasteiger charge is 2.26. The molecule has 12 heteroatoms. The number of hydrogen-bond donors (Lipinski definition) is 2. The zero-order chi connectivity index (χ0) is 41.0. The van der Waals surface area contributed by atoms with Crippen LogP contribution < -0.4 is 5.73 Å². The quantitative estimate of drug-likeness (QED) is 0.0387. The summed E-state index contributed by atoms with van der Waals surface area (Å²) < 4.78 is 45.1. The molecule has 0 fully saturated rings. The van der Waals surface area contributed by atoms with Crippen LogP contribution in [0.15, 0.2) is 14.9 Å². The minimum absolute atomic E-state index is 0.0414. The van der Waals surface area contributed by atoms with Crippen LogP contribution in [0.1, 0.15) is 182 Å². The lowest BCUT2D eigenvalue weighted by Crippen LogP contribution is -2.29. The molecule has 2 atom stereocenters. The van der Waals surface area contributed by atoms with Crippen molar-refractivity contribution in [2.24, 2.45) is 5.73 Å². The molecule has 0 aliphatic heterocycles. The first-order chi connectivity index (χ1) is 27.0. The van der Waals surface area contributed by atoms with Crippen LogP contribution in [0.3, 0.4) is 0 Å². The third-order valence-electron chi connectivity index (χ3n) is 10.3. The Morgan fingerprint density at radius 2 is 1.18 bits per heavy atom. The summed E-state index contributed by atoms with van der Waals surface area (Å²) in [6.07, 6.45) is 22.4. The lowest BCUT2D eigenvalue weighted by atomic mass is 10.0. The van der Waals surface area contributed by atoms with Gasteiger partial charge in [0.05, 0.1) is 13.2 Å². The van der Waals surface area contributed by atoms with Crippen LogP contribution >= 0.6 is 7.82 Å². The molecule has 0 radical (unpaired) electrons. The van der Waals surface area contributed by atoms with E-state index >= 15 is 0 Å². The van der Waals surface area contributed by atoms with Crippen LogP contribution in [0.2, 0.25) is 0 Å². The van der Waals surface area contributed by atoms with Crippen molar-refractivity contribution in [2.75, 3.05) is 26.4 Å². The van der Waals surface area contributed by atoms with Gasteiger partial charge in [0.15, 0.2) is 6.10 Å². The van der Waals surface area contributed by atoms with Gasteiger partial charge >= 0.3 is 19.8 Å². The van der Waals surface area contributed by atoms with Gasteiger partial charge in [-0.05, 0) is 82.1 Å². The lowest BCUT2D eigenvalue weighted by molar-refractivity contribution is -0.161. The molecule has 1 unspecified atom stereocenters. The maximum absolute atomic E-state index is 12.7. The SMILES string of the molecule is CCCCCc1oc(CCCCCCCCC(=O)OC[C@H](COP(=O)(O)OCCN)OC(=O)CCCCCCCCCCc2oc(CCC)cc2C)c(C)c1C. The highest BCUT2D eigenvalue weighted by molar-refractivity contribution is 7.47. The Kier molecular flexibility index (Phi) is 26.4. The first-order valence-electron chi connectivity index (χ1n) is 21.8. The topological polar surface area (TPSA) is 161 Å². The van der Waals surface area contributed by atoms with Gasteiger partial charge in [0.1, 0.15) is 29.6 Å². The van der Waals surface area contributed by atoms with Gasteiger partial charge in [-0.1, -0.05) is 90.9 Å². The highest BCUT2D eigenvalue weighted by Crippen LogP contribution is 2.43. The number of rotatable bonds is 35. The number of aryl methyl sites for hydroxylation is 5. The molecule has 11 nitrogen and oxygen atoms in total. The Balaban J connectivity index is 1.60. The molecule has 0 aromatic carbocycles. The maximum atomic E-state index is 12.7. The van der Waals surface area contributed by atoms with Crippen LogP contribution in [0.25, 0.3) is 0 Å². The molecule has 0 saturated carbocycles. The van der Waals surface area contributed by atoms with Gasteiger partial charge in [0.25, 0.3) is 0 Å². The van der Waals surface area contributed by atoms with E-state index in [1.807, 2.05) is 0 Å². The lowest BCUT2D eigenvalue weighted by Gasteiger charge is -2.19. The largest absolute Gasteiger partial charge is 0.472 e. The number of unbranched alkanes of at least 4 members (excludes halogenated alkanes) is 14. The van der Waals surface area contributed by atoms with Gasteiger partial charge in [-0.3, -0.25) is 18.6 Å². The van der Waals surface area contributed by atoms with Gasteiger partial charge < -0.3 is 28.9 Å². The molecule has 322 valence electrons. The Hall–Kier alpha value is -2.43. The van der Waals surface area contributed by atoms with Crippen LogP contribution in [-0.2, 0) is 58.4 Å². The number of ether oxygens (including phenoxy) is 2. The first-order valence-corrected chi connectivity index (χ1v) is 23.3. The molecule has 0 amide bonds. The van der Waals surface area contributed by atoms with E-state index in [0.29, 0.717) is 12.8 Å². The second-order valence-corrected chi connectivity index (χ2v) is 16.8. The van der Waals surface area contributed by atoms with Crippen molar-refractivity contribution in [3.63, 3.8) is 0 Å². The maximum Gasteiger partial charge on any atom is 0.472 e. The molecule has 0 aliphatic carbocycles. The third kappa shape index (κ3) is 21.9. The molecule has 2 rings (SSSR count). The number of phosphoric ester groups is 1. The minimum Gasteiger partial charge on any atom is -0.466 e. The smallest absolute Gasteiger partial charge is 0.466 e. The molecule has 0 spiro atoms. The molecular weight excluding hydrogens is 733 g/mol. The molecule has 3 N–H and O–H groups in total. The molecule has 0 bridgehead atoms.